The van der Waals surface area contributed by atoms with E-state index in [0.717, 1.165) is 11.9 Å². The van der Waals surface area contributed by atoms with Crippen LogP contribution in [0.4, 0.5) is 5.82 Å². The van der Waals surface area contributed by atoms with Crippen molar-refractivity contribution >= 4 is 22.6 Å². The lowest BCUT2D eigenvalue weighted by Crippen LogP contribution is -2.25. The molecule has 0 unspecified atom stereocenters. The van der Waals surface area contributed by atoms with Crippen LogP contribution in [0.25, 0.3) is 10.9 Å². The molecule has 0 aliphatic heterocycles. The van der Waals surface area contributed by atoms with Gasteiger partial charge in [-0.15, -0.1) is 0 Å². The lowest BCUT2D eigenvalue weighted by molar-refractivity contribution is 0.0954. The third kappa shape index (κ3) is 2.93. The highest BCUT2D eigenvalue weighted by atomic mass is 16.1. The Balaban J connectivity index is 1.61. The monoisotopic (exact) mass is 294 g/mol. The SMILES string of the molecule is CNc1cc(C(=O)NCCc2c[nH]c3ccccc23)ccn1. The molecule has 0 saturated heterocycles. The van der Waals surface area contributed by atoms with Crippen molar-refractivity contribution in [1.29, 1.82) is 0 Å². The second-order valence-electron chi connectivity index (χ2n) is 5.05. The zero-order valence-corrected chi connectivity index (χ0v) is 12.4. The largest absolute Gasteiger partial charge is 0.373 e. The van der Waals surface area contributed by atoms with Gasteiger partial charge in [0.2, 0.25) is 0 Å². The quantitative estimate of drug-likeness (QED) is 0.677. The molecule has 0 aliphatic carbocycles. The van der Waals surface area contributed by atoms with E-state index in [-0.39, 0.29) is 5.91 Å². The Morgan fingerprint density at radius 1 is 1.27 bits per heavy atom. The highest BCUT2D eigenvalue weighted by Gasteiger charge is 2.07. The van der Waals surface area contributed by atoms with Crippen LogP contribution >= 0.6 is 0 Å². The van der Waals surface area contributed by atoms with Crippen LogP contribution in [0.5, 0.6) is 0 Å². The van der Waals surface area contributed by atoms with E-state index in [9.17, 15) is 4.79 Å². The van der Waals surface area contributed by atoms with Crippen LogP contribution in [-0.4, -0.2) is 29.5 Å². The van der Waals surface area contributed by atoms with E-state index in [4.69, 9.17) is 0 Å². The number of carbonyl (C=O) groups is 1. The number of nitrogens with zero attached hydrogens (tertiary/aromatic N) is 1. The fourth-order valence-corrected chi connectivity index (χ4v) is 2.46. The maximum Gasteiger partial charge on any atom is 0.251 e. The van der Waals surface area contributed by atoms with Crippen LogP contribution in [0.1, 0.15) is 15.9 Å². The van der Waals surface area contributed by atoms with Crippen LogP contribution in [0.3, 0.4) is 0 Å². The van der Waals surface area contributed by atoms with Gasteiger partial charge >= 0.3 is 0 Å². The zero-order chi connectivity index (χ0) is 15.4. The summed E-state index contributed by atoms with van der Waals surface area (Å²) in [4.78, 5) is 19.5. The highest BCUT2D eigenvalue weighted by Crippen LogP contribution is 2.17. The summed E-state index contributed by atoms with van der Waals surface area (Å²) in [6.07, 6.45) is 4.42. The smallest absolute Gasteiger partial charge is 0.251 e. The van der Waals surface area contributed by atoms with Crippen molar-refractivity contribution in [3.8, 4) is 0 Å². The fourth-order valence-electron chi connectivity index (χ4n) is 2.46. The molecule has 3 aromatic rings. The van der Waals surface area contributed by atoms with Crippen LogP contribution < -0.4 is 10.6 Å². The molecule has 0 aliphatic rings. The first-order valence-electron chi connectivity index (χ1n) is 7.25. The average Bonchev–Trinajstić information content (AvgIpc) is 2.98. The number of rotatable bonds is 5. The van der Waals surface area contributed by atoms with Crippen molar-refractivity contribution in [2.24, 2.45) is 0 Å². The highest BCUT2D eigenvalue weighted by molar-refractivity contribution is 5.94. The molecule has 1 amide bonds. The van der Waals surface area contributed by atoms with Crippen LogP contribution in [-0.2, 0) is 6.42 Å². The van der Waals surface area contributed by atoms with E-state index in [2.05, 4.69) is 26.7 Å². The van der Waals surface area contributed by atoms with Gasteiger partial charge in [0.15, 0.2) is 0 Å². The first-order valence-corrected chi connectivity index (χ1v) is 7.25. The maximum atomic E-state index is 12.1. The van der Waals surface area contributed by atoms with Gasteiger partial charge in [-0.1, -0.05) is 18.2 Å². The third-order valence-electron chi connectivity index (χ3n) is 3.63. The number of hydrogen-bond acceptors (Lipinski definition) is 3. The van der Waals surface area contributed by atoms with E-state index in [0.29, 0.717) is 17.9 Å². The Labute approximate surface area is 128 Å². The Kier molecular flexibility index (Phi) is 4.05. The molecule has 5 nitrogen and oxygen atoms in total. The number of fused-ring (bicyclic) bond motifs is 1. The number of pyridine rings is 1. The van der Waals surface area contributed by atoms with Crippen molar-refractivity contribution in [3.05, 3.63) is 59.9 Å². The number of carbonyl (C=O) groups excluding carboxylic acids is 1. The molecule has 5 heteroatoms. The normalized spacial score (nSPS) is 10.6. The molecule has 3 N–H and O–H groups in total. The molecule has 0 atom stereocenters. The molecule has 0 spiro atoms. The molecule has 22 heavy (non-hydrogen) atoms. The molecule has 112 valence electrons. The third-order valence-corrected chi connectivity index (χ3v) is 3.63. The van der Waals surface area contributed by atoms with Crippen LogP contribution in [0.2, 0.25) is 0 Å². The summed E-state index contributed by atoms with van der Waals surface area (Å²) in [5.41, 5.74) is 2.94. The number of aromatic nitrogens is 2. The van der Waals surface area contributed by atoms with E-state index in [1.165, 1.54) is 10.9 Å². The molecule has 0 fully saturated rings. The Morgan fingerprint density at radius 3 is 3.00 bits per heavy atom. The zero-order valence-electron chi connectivity index (χ0n) is 12.4. The maximum absolute atomic E-state index is 12.1. The molecular weight excluding hydrogens is 276 g/mol. The summed E-state index contributed by atoms with van der Waals surface area (Å²) in [5, 5.41) is 7.08. The minimum absolute atomic E-state index is 0.0845. The molecule has 0 radical (unpaired) electrons. The van der Waals surface area contributed by atoms with Crippen molar-refractivity contribution in [2.75, 3.05) is 18.9 Å². The lowest BCUT2D eigenvalue weighted by Gasteiger charge is -2.06. The number of para-hydroxylation sites is 1. The number of hydrogen-bond donors (Lipinski definition) is 3. The number of benzene rings is 1. The van der Waals surface area contributed by atoms with Gasteiger partial charge in [0.25, 0.3) is 5.91 Å². The van der Waals surface area contributed by atoms with E-state index >= 15 is 0 Å². The second-order valence-corrected chi connectivity index (χ2v) is 5.05. The molecule has 0 saturated carbocycles. The summed E-state index contributed by atoms with van der Waals surface area (Å²) in [5.74, 6) is 0.600. The topological polar surface area (TPSA) is 69.8 Å². The van der Waals surface area contributed by atoms with Crippen molar-refractivity contribution in [1.82, 2.24) is 15.3 Å². The predicted octanol–water partition coefficient (Wildman–Crippen LogP) is 2.58. The van der Waals surface area contributed by atoms with E-state index < -0.39 is 0 Å². The molecule has 1 aromatic carbocycles. The van der Waals surface area contributed by atoms with Gasteiger partial charge in [-0.3, -0.25) is 4.79 Å². The average molecular weight is 294 g/mol. The van der Waals surface area contributed by atoms with Crippen LogP contribution in [0, 0.1) is 0 Å². The van der Waals surface area contributed by atoms with Gasteiger partial charge in [-0.25, -0.2) is 4.98 Å². The lowest BCUT2D eigenvalue weighted by atomic mass is 10.1. The second kappa shape index (κ2) is 6.30. The summed E-state index contributed by atoms with van der Waals surface area (Å²) >= 11 is 0. The predicted molar refractivity (Wildman–Crippen MR) is 88.1 cm³/mol. The summed E-state index contributed by atoms with van der Waals surface area (Å²) in [6, 6.07) is 11.6. The summed E-state index contributed by atoms with van der Waals surface area (Å²) < 4.78 is 0. The summed E-state index contributed by atoms with van der Waals surface area (Å²) in [6.45, 7) is 0.595. The Hall–Kier alpha value is -2.82. The first-order chi connectivity index (χ1) is 10.8. The van der Waals surface area contributed by atoms with Gasteiger partial charge in [-0.2, -0.15) is 0 Å². The minimum Gasteiger partial charge on any atom is -0.373 e. The van der Waals surface area contributed by atoms with E-state index in [1.54, 1.807) is 25.4 Å². The molecule has 0 bridgehead atoms. The Bertz CT molecular complexity index is 794. The van der Waals surface area contributed by atoms with Crippen molar-refractivity contribution in [2.45, 2.75) is 6.42 Å². The first kappa shape index (κ1) is 14.1. The minimum atomic E-state index is -0.0845. The van der Waals surface area contributed by atoms with E-state index in [1.807, 2.05) is 24.4 Å². The fraction of sp³-hybridized carbons (Fsp3) is 0.176. The van der Waals surface area contributed by atoms with Gasteiger partial charge in [0, 0.05) is 42.5 Å². The number of nitrogens with one attached hydrogen (secondary N) is 3. The van der Waals surface area contributed by atoms with Gasteiger partial charge in [0.1, 0.15) is 5.82 Å². The standard InChI is InChI=1S/C17H18N4O/c1-18-16-10-12(6-8-19-16)17(22)20-9-7-13-11-21-15-5-3-2-4-14(13)15/h2-6,8,10-11,21H,7,9H2,1H3,(H,18,19)(H,20,22). The van der Waals surface area contributed by atoms with Gasteiger partial charge < -0.3 is 15.6 Å². The van der Waals surface area contributed by atoms with Gasteiger partial charge in [-0.05, 0) is 30.2 Å². The van der Waals surface area contributed by atoms with Crippen molar-refractivity contribution in [3.63, 3.8) is 0 Å². The molecule has 2 heterocycles. The van der Waals surface area contributed by atoms with Crippen molar-refractivity contribution < 1.29 is 4.79 Å². The molecular formula is C17H18N4O. The van der Waals surface area contributed by atoms with Gasteiger partial charge in [0.05, 0.1) is 0 Å². The Morgan fingerprint density at radius 2 is 2.14 bits per heavy atom. The number of aromatic amines is 1. The number of H-pyrrole nitrogens is 1. The molecule has 3 rings (SSSR count). The van der Waals surface area contributed by atoms with Crippen LogP contribution in [0.15, 0.2) is 48.8 Å². The number of anilines is 1. The molecule has 2 aromatic heterocycles. The summed E-state index contributed by atoms with van der Waals surface area (Å²) in [7, 11) is 1.78. The number of amides is 1.